The van der Waals surface area contributed by atoms with Crippen molar-refractivity contribution in [1.29, 1.82) is 0 Å². The van der Waals surface area contributed by atoms with E-state index in [0.29, 0.717) is 28.5 Å². The van der Waals surface area contributed by atoms with Gasteiger partial charge in [-0.1, -0.05) is 29.8 Å². The Kier molecular flexibility index (Phi) is 5.71. The zero-order valence-electron chi connectivity index (χ0n) is 20.0. The van der Waals surface area contributed by atoms with Crippen molar-refractivity contribution in [3.05, 3.63) is 75.6 Å². The molecule has 2 aromatic carbocycles. The molecule has 4 aromatic rings. The van der Waals surface area contributed by atoms with Gasteiger partial charge in [-0.25, -0.2) is 9.97 Å². The number of amides is 3. The van der Waals surface area contributed by atoms with E-state index < -0.39 is 23.4 Å². The van der Waals surface area contributed by atoms with Crippen LogP contribution in [-0.2, 0) is 9.59 Å². The number of H-pyrrole nitrogens is 1. The van der Waals surface area contributed by atoms with Crippen LogP contribution in [0.2, 0.25) is 0 Å². The van der Waals surface area contributed by atoms with Gasteiger partial charge >= 0.3 is 0 Å². The van der Waals surface area contributed by atoms with E-state index in [-0.39, 0.29) is 29.8 Å². The zero-order valence-corrected chi connectivity index (χ0v) is 20.0. The molecular formula is C26H24N6O4. The number of anilines is 1. The molecule has 0 radical (unpaired) electrons. The van der Waals surface area contributed by atoms with Gasteiger partial charge in [0, 0.05) is 17.7 Å². The lowest BCUT2D eigenvalue weighted by Gasteiger charge is -2.24. The Morgan fingerprint density at radius 2 is 1.83 bits per heavy atom. The number of imidazole rings is 1. The number of benzene rings is 2. The number of nitrogens with one attached hydrogen (secondary N) is 3. The molecule has 1 aliphatic rings. The first-order valence-corrected chi connectivity index (χ1v) is 11.5. The molecular weight excluding hydrogens is 460 g/mol. The molecule has 1 unspecified atom stereocenters. The first-order valence-electron chi connectivity index (χ1n) is 11.5. The van der Waals surface area contributed by atoms with Crippen molar-refractivity contribution < 1.29 is 14.4 Å². The van der Waals surface area contributed by atoms with Gasteiger partial charge in [-0.05, 0) is 45.4 Å². The molecule has 5 rings (SSSR count). The minimum atomic E-state index is -0.822. The van der Waals surface area contributed by atoms with Crippen molar-refractivity contribution in [2.75, 3.05) is 5.32 Å². The van der Waals surface area contributed by atoms with E-state index in [4.69, 9.17) is 0 Å². The van der Waals surface area contributed by atoms with Gasteiger partial charge in [-0.3, -0.25) is 29.1 Å². The summed E-state index contributed by atoms with van der Waals surface area (Å²) in [6.45, 7) is 5.37. The first kappa shape index (κ1) is 23.2. The minimum Gasteiger partial charge on any atom is -0.341 e. The van der Waals surface area contributed by atoms with Crippen LogP contribution in [0, 0.1) is 20.8 Å². The highest BCUT2D eigenvalue weighted by molar-refractivity contribution is 6.08. The van der Waals surface area contributed by atoms with Crippen molar-refractivity contribution in [3.8, 4) is 11.4 Å². The number of hydrogen-bond donors (Lipinski definition) is 3. The Balaban J connectivity index is 1.49. The highest BCUT2D eigenvalue weighted by Crippen LogP contribution is 2.25. The molecule has 182 valence electrons. The molecule has 10 nitrogen and oxygen atoms in total. The van der Waals surface area contributed by atoms with Crippen LogP contribution >= 0.6 is 0 Å². The number of rotatable bonds is 4. The largest absolute Gasteiger partial charge is 0.341 e. The van der Waals surface area contributed by atoms with Gasteiger partial charge in [0.05, 0.1) is 11.1 Å². The topological polar surface area (TPSA) is 139 Å². The van der Waals surface area contributed by atoms with E-state index in [9.17, 15) is 19.2 Å². The van der Waals surface area contributed by atoms with Crippen LogP contribution in [0.4, 0.5) is 5.69 Å². The number of carbonyl (C=O) groups is 3. The second-order valence-corrected chi connectivity index (χ2v) is 8.89. The van der Waals surface area contributed by atoms with Crippen LogP contribution < -0.4 is 16.2 Å². The lowest BCUT2D eigenvalue weighted by molar-refractivity contribution is -0.135. The van der Waals surface area contributed by atoms with Crippen molar-refractivity contribution in [2.45, 2.75) is 39.7 Å². The zero-order chi connectivity index (χ0) is 25.6. The smallest absolute Gasteiger partial charge is 0.276 e. The second kappa shape index (κ2) is 8.88. The molecule has 1 aliphatic heterocycles. The number of carbonyl (C=O) groups excluding carboxylic acids is 3. The predicted octanol–water partition coefficient (Wildman–Crippen LogP) is 2.94. The fraction of sp³-hybridized carbons (Fsp3) is 0.231. The molecule has 3 heterocycles. The Labute approximate surface area is 205 Å². The third-order valence-electron chi connectivity index (χ3n) is 6.27. The third kappa shape index (κ3) is 4.06. The summed E-state index contributed by atoms with van der Waals surface area (Å²) in [6, 6.07) is 11.9. The maximum atomic E-state index is 13.4. The summed E-state index contributed by atoms with van der Waals surface area (Å²) in [4.78, 5) is 62.6. The number of aryl methyl sites for hydroxylation is 3. The average molecular weight is 485 g/mol. The molecule has 0 saturated carbocycles. The van der Waals surface area contributed by atoms with Crippen LogP contribution in [0.25, 0.3) is 22.3 Å². The van der Waals surface area contributed by atoms with E-state index >= 15 is 0 Å². The summed E-state index contributed by atoms with van der Waals surface area (Å²) in [7, 11) is 0. The number of imide groups is 1. The van der Waals surface area contributed by atoms with Gasteiger partial charge in [-0.15, -0.1) is 0 Å². The Hall–Kier alpha value is -4.60. The first-order chi connectivity index (χ1) is 17.2. The molecule has 1 fully saturated rings. The number of aromatic amines is 1. The van der Waals surface area contributed by atoms with Crippen molar-refractivity contribution >= 4 is 34.3 Å². The molecule has 36 heavy (non-hydrogen) atoms. The van der Waals surface area contributed by atoms with Gasteiger partial charge in [-0.2, -0.15) is 0 Å². The highest BCUT2D eigenvalue weighted by Gasteiger charge is 2.30. The molecule has 0 aliphatic carbocycles. The minimum absolute atomic E-state index is 0.143. The summed E-state index contributed by atoms with van der Waals surface area (Å²) >= 11 is 0. The van der Waals surface area contributed by atoms with Crippen LogP contribution in [-0.4, -0.2) is 37.2 Å². The van der Waals surface area contributed by atoms with Crippen molar-refractivity contribution in [1.82, 2.24) is 24.8 Å². The number of hydrogen-bond acceptors (Lipinski definition) is 6. The number of aromatic nitrogens is 4. The van der Waals surface area contributed by atoms with Gasteiger partial charge < -0.3 is 10.3 Å². The molecule has 3 N–H and O–H groups in total. The normalized spacial score (nSPS) is 15.7. The number of para-hydroxylation sites is 1. The molecule has 10 heteroatoms. The van der Waals surface area contributed by atoms with Crippen LogP contribution in [0.1, 0.15) is 46.5 Å². The maximum absolute atomic E-state index is 13.4. The fourth-order valence-electron chi connectivity index (χ4n) is 4.52. The lowest BCUT2D eigenvalue weighted by atomic mass is 10.1. The maximum Gasteiger partial charge on any atom is 0.276 e. The second-order valence-electron chi connectivity index (χ2n) is 8.89. The summed E-state index contributed by atoms with van der Waals surface area (Å²) in [5.74, 6) is -0.439. The monoisotopic (exact) mass is 484 g/mol. The summed E-state index contributed by atoms with van der Waals surface area (Å²) in [5, 5.41) is 5.36. The van der Waals surface area contributed by atoms with Gasteiger partial charge in [0.2, 0.25) is 11.8 Å². The van der Waals surface area contributed by atoms with E-state index in [0.717, 1.165) is 11.1 Å². The van der Waals surface area contributed by atoms with E-state index in [2.05, 4.69) is 25.6 Å². The standard InChI is InChI=1S/C26H24N6O4/c1-13-6-4-7-16(12-13)23-27-14(2)21(31-23)25(35)29-18-9-5-8-17-22(18)28-15(3)32(26(17)36)19-10-11-20(33)30-24(19)34/h4-9,12,19H,10-11H2,1-3H3,(H,27,31)(H,29,35)(H,30,33,34). The van der Waals surface area contributed by atoms with Crippen molar-refractivity contribution in [3.63, 3.8) is 0 Å². The quantitative estimate of drug-likeness (QED) is 0.381. The number of nitrogens with zero attached hydrogens (tertiary/aromatic N) is 3. The molecule has 3 amide bonds. The van der Waals surface area contributed by atoms with E-state index in [1.165, 1.54) is 4.57 Å². The summed E-state index contributed by atoms with van der Waals surface area (Å²) in [5.41, 5.74) is 3.03. The molecule has 2 aromatic heterocycles. The summed E-state index contributed by atoms with van der Waals surface area (Å²) < 4.78 is 1.31. The predicted molar refractivity (Wildman–Crippen MR) is 134 cm³/mol. The highest BCUT2D eigenvalue weighted by atomic mass is 16.2. The van der Waals surface area contributed by atoms with Gasteiger partial charge in [0.15, 0.2) is 0 Å². The third-order valence-corrected chi connectivity index (χ3v) is 6.27. The van der Waals surface area contributed by atoms with Crippen LogP contribution in [0.15, 0.2) is 47.3 Å². The van der Waals surface area contributed by atoms with E-state index in [1.54, 1.807) is 32.0 Å². The SMILES string of the molecule is Cc1cccc(-c2nc(C(=O)Nc3cccc4c(=O)n(C5CCC(=O)NC5=O)c(C)nc34)c(C)[nH]2)c1. The average Bonchev–Trinajstić information content (AvgIpc) is 3.23. The number of fused-ring (bicyclic) bond motifs is 1. The van der Waals surface area contributed by atoms with Gasteiger partial charge in [0.25, 0.3) is 11.5 Å². The molecule has 0 spiro atoms. The Bertz CT molecular complexity index is 1620. The molecule has 0 bridgehead atoms. The lowest BCUT2D eigenvalue weighted by Crippen LogP contribution is -2.45. The Morgan fingerprint density at radius 3 is 2.58 bits per heavy atom. The summed E-state index contributed by atoms with van der Waals surface area (Å²) in [6.07, 6.45) is 0.362. The number of piperidine rings is 1. The van der Waals surface area contributed by atoms with Crippen molar-refractivity contribution in [2.24, 2.45) is 0 Å². The van der Waals surface area contributed by atoms with Crippen LogP contribution in [0.5, 0.6) is 0 Å². The van der Waals surface area contributed by atoms with Gasteiger partial charge in [0.1, 0.15) is 28.9 Å². The molecule has 1 atom stereocenters. The Morgan fingerprint density at radius 1 is 1.06 bits per heavy atom. The fourth-order valence-corrected chi connectivity index (χ4v) is 4.52. The molecule has 1 saturated heterocycles. The van der Waals surface area contributed by atoms with Crippen LogP contribution in [0.3, 0.4) is 0 Å². The van der Waals surface area contributed by atoms with E-state index in [1.807, 2.05) is 31.2 Å².